The number of carbonyl (C=O) groups is 3. The number of alkyl carbamates (subject to hydrolysis) is 1. The Kier molecular flexibility index (Phi) is 10.4. The molecule has 3 aliphatic rings. The van der Waals surface area contributed by atoms with Crippen molar-refractivity contribution in [1.29, 1.82) is 0 Å². The second-order valence-electron chi connectivity index (χ2n) is 13.5. The maximum Gasteiger partial charge on any atom is 0.412 e. The number of ether oxygens (including phenoxy) is 5. The number of hydrogen-bond donors (Lipinski definition) is 4. The second kappa shape index (κ2) is 14.6. The Morgan fingerprint density at radius 3 is 2.75 bits per heavy atom. The van der Waals surface area contributed by atoms with Gasteiger partial charge < -0.3 is 39.4 Å². The summed E-state index contributed by atoms with van der Waals surface area (Å²) in [5.74, 6) is -0.0365. The zero-order valence-corrected chi connectivity index (χ0v) is 30.2. The van der Waals surface area contributed by atoms with Gasteiger partial charge in [0.15, 0.2) is 5.72 Å². The van der Waals surface area contributed by atoms with E-state index in [4.69, 9.17) is 41.0 Å². The zero-order chi connectivity index (χ0) is 37.4. The van der Waals surface area contributed by atoms with Crippen molar-refractivity contribution in [2.75, 3.05) is 37.2 Å². The maximum atomic E-state index is 14.0. The highest BCUT2D eigenvalue weighted by Crippen LogP contribution is 2.47. The molecule has 15 heteroatoms. The van der Waals surface area contributed by atoms with Gasteiger partial charge in [-0.15, -0.1) is 0 Å². The number of aromatic nitrogens is 1. The van der Waals surface area contributed by atoms with Crippen molar-refractivity contribution >= 4 is 57.7 Å². The van der Waals surface area contributed by atoms with Crippen molar-refractivity contribution < 1.29 is 43.2 Å². The maximum absolute atomic E-state index is 14.0. The lowest BCUT2D eigenvalue weighted by atomic mass is 9.90. The third-order valence-corrected chi connectivity index (χ3v) is 10.1. The summed E-state index contributed by atoms with van der Waals surface area (Å²) < 4.78 is 28.8. The number of amides is 3. The van der Waals surface area contributed by atoms with E-state index in [1.165, 1.54) is 25.3 Å². The number of rotatable bonds is 4. The van der Waals surface area contributed by atoms with Gasteiger partial charge in [-0.25, -0.2) is 9.59 Å². The van der Waals surface area contributed by atoms with Gasteiger partial charge in [-0.2, -0.15) is 0 Å². The number of pyridine rings is 1. The first-order valence-electron chi connectivity index (χ1n) is 16.7. The summed E-state index contributed by atoms with van der Waals surface area (Å²) in [6, 6.07) is 10.5. The molecule has 3 amide bonds. The number of methoxy groups -OCH3 is 2. The van der Waals surface area contributed by atoms with Crippen molar-refractivity contribution in [3.8, 4) is 5.75 Å². The van der Waals surface area contributed by atoms with Crippen LogP contribution in [0.5, 0.6) is 5.75 Å². The Morgan fingerprint density at radius 2 is 2.00 bits per heavy atom. The molecule has 0 radical (unpaired) electrons. The number of benzene rings is 2. The smallest absolute Gasteiger partial charge is 0.412 e. The van der Waals surface area contributed by atoms with Gasteiger partial charge in [-0.3, -0.25) is 20.4 Å². The molecule has 6 rings (SSSR count). The van der Waals surface area contributed by atoms with E-state index in [0.29, 0.717) is 34.7 Å². The minimum atomic E-state index is -1.80. The first-order chi connectivity index (χ1) is 24.7. The van der Waals surface area contributed by atoms with E-state index in [1.54, 1.807) is 62.5 Å². The monoisotopic (exact) mass is 735 g/mol. The number of nitrogens with zero attached hydrogens (tertiary/aromatic N) is 2. The predicted octanol–water partition coefficient (Wildman–Crippen LogP) is 5.26. The van der Waals surface area contributed by atoms with Crippen LogP contribution in [0.25, 0.3) is 10.9 Å². The van der Waals surface area contributed by atoms with Gasteiger partial charge in [-0.05, 0) is 56.2 Å². The summed E-state index contributed by atoms with van der Waals surface area (Å²) in [5, 5.41) is 17.9. The Bertz CT molecular complexity index is 1960. The fourth-order valence-corrected chi connectivity index (χ4v) is 7.06. The van der Waals surface area contributed by atoms with Crippen LogP contribution in [0.1, 0.15) is 38.7 Å². The van der Waals surface area contributed by atoms with Crippen LogP contribution in [-0.2, 0) is 30.2 Å². The number of nitrogen functional groups attached to an aromatic ring is 1. The Morgan fingerprint density at radius 1 is 1.21 bits per heavy atom. The number of halogens is 1. The van der Waals surface area contributed by atoms with Crippen LogP contribution in [0, 0.1) is 0 Å². The SMILES string of the molecule is COc1cc2cc(c1Cl)N(C)C(=O)C[C@H](OC(=O)Nc1ccc3cc(N)cnc3c1)[C@]1(C)O[C@H]1C[C@@H]1C[C@@](O)(NC(=O)O1)[C@H](OC)/C=C/C=C(\C)C2. The van der Waals surface area contributed by atoms with Gasteiger partial charge >= 0.3 is 12.2 Å². The lowest BCUT2D eigenvalue weighted by Crippen LogP contribution is -2.62. The Labute approximate surface area is 305 Å². The summed E-state index contributed by atoms with van der Waals surface area (Å²) in [6.07, 6.45) is 1.98. The summed E-state index contributed by atoms with van der Waals surface area (Å²) in [5.41, 5.74) is 6.57. The lowest BCUT2D eigenvalue weighted by molar-refractivity contribution is -0.135. The second-order valence-corrected chi connectivity index (χ2v) is 13.9. The van der Waals surface area contributed by atoms with Crippen LogP contribution in [0.2, 0.25) is 5.02 Å². The fraction of sp³-hybridized carbons (Fsp3) is 0.405. The highest BCUT2D eigenvalue weighted by atomic mass is 35.5. The number of nitrogens with two attached hydrogens (primary N) is 1. The highest BCUT2D eigenvalue weighted by molar-refractivity contribution is 6.35. The molecule has 0 unspecified atom stereocenters. The van der Waals surface area contributed by atoms with E-state index in [9.17, 15) is 19.5 Å². The van der Waals surface area contributed by atoms with Crippen molar-refractivity contribution in [2.24, 2.45) is 0 Å². The molecule has 4 heterocycles. The quantitative estimate of drug-likeness (QED) is 0.256. The number of anilines is 3. The van der Waals surface area contributed by atoms with Crippen LogP contribution in [-0.4, -0.2) is 85.2 Å². The third-order valence-electron chi connectivity index (χ3n) is 9.70. The summed E-state index contributed by atoms with van der Waals surface area (Å²) in [4.78, 5) is 45.9. The number of carbonyl (C=O) groups excluding carboxylic acids is 3. The predicted molar refractivity (Wildman–Crippen MR) is 194 cm³/mol. The van der Waals surface area contributed by atoms with E-state index < -0.39 is 53.8 Å². The van der Waals surface area contributed by atoms with Crippen LogP contribution < -0.4 is 26.0 Å². The van der Waals surface area contributed by atoms with Crippen molar-refractivity contribution in [2.45, 2.75) is 75.3 Å². The molecule has 1 aromatic heterocycles. The van der Waals surface area contributed by atoms with E-state index >= 15 is 0 Å². The molecular formula is C37H42ClN5O9. The molecule has 3 aromatic rings. The molecule has 2 fully saturated rings. The van der Waals surface area contributed by atoms with Crippen molar-refractivity contribution in [3.63, 3.8) is 0 Å². The average molecular weight is 736 g/mol. The van der Waals surface area contributed by atoms with E-state index in [2.05, 4.69) is 15.6 Å². The minimum absolute atomic E-state index is 0.0281. The summed E-state index contributed by atoms with van der Waals surface area (Å²) in [7, 11) is 4.51. The first-order valence-corrected chi connectivity index (χ1v) is 17.1. The Balaban J connectivity index is 1.33. The van der Waals surface area contributed by atoms with Gasteiger partial charge in [0.25, 0.3) is 0 Å². The van der Waals surface area contributed by atoms with Crippen LogP contribution >= 0.6 is 11.6 Å². The molecule has 14 nitrogen and oxygen atoms in total. The van der Waals surface area contributed by atoms with Gasteiger partial charge in [0.1, 0.15) is 34.7 Å². The van der Waals surface area contributed by atoms with Crippen molar-refractivity contribution in [1.82, 2.24) is 10.3 Å². The molecule has 2 saturated heterocycles. The van der Waals surface area contributed by atoms with E-state index in [1.807, 2.05) is 13.0 Å². The molecule has 0 aliphatic carbocycles. The van der Waals surface area contributed by atoms with Crippen LogP contribution in [0.3, 0.4) is 0 Å². The van der Waals surface area contributed by atoms with Gasteiger partial charge in [-0.1, -0.05) is 41.5 Å². The van der Waals surface area contributed by atoms with Crippen LogP contribution in [0.4, 0.5) is 26.7 Å². The molecule has 52 heavy (non-hydrogen) atoms. The normalized spacial score (nSPS) is 29.5. The van der Waals surface area contributed by atoms with Gasteiger partial charge in [0.2, 0.25) is 5.91 Å². The third kappa shape index (κ3) is 7.80. The zero-order valence-electron chi connectivity index (χ0n) is 29.5. The standard InChI is InChI=1S/C37H42ClN5O9/c1-20-7-6-8-29(49-5)37(47)18-25(50-35(46)42-37)16-31-36(2,52-31)30(17-32(44)43(3)27-12-21(11-20)13-28(48-4)33(27)38)51-34(45)41-24-10-9-22-14-23(39)19-40-26(22)15-24/h6-10,12-15,19,25,29-31,47H,11,16-18,39H2,1-5H3,(H,41,45)(H,42,46)/b8-6+,20-7+/t25-,29-,30+,31+,36+,37+/m1/s1. The van der Waals surface area contributed by atoms with Crippen molar-refractivity contribution in [3.05, 3.63) is 77.0 Å². The number of allylic oxidation sites excluding steroid dienone is 3. The Hall–Kier alpha value is -4.89. The molecule has 6 atom stereocenters. The molecule has 4 bridgehead atoms. The minimum Gasteiger partial charge on any atom is -0.495 e. The summed E-state index contributed by atoms with van der Waals surface area (Å²) >= 11 is 6.74. The van der Waals surface area contributed by atoms with E-state index in [-0.39, 0.29) is 24.3 Å². The first kappa shape index (κ1) is 36.9. The van der Waals surface area contributed by atoms with Crippen LogP contribution in [0.15, 0.2) is 66.4 Å². The number of nitrogens with one attached hydrogen (secondary N) is 2. The highest BCUT2D eigenvalue weighted by Gasteiger charge is 2.61. The molecule has 3 aliphatic heterocycles. The molecule has 5 N–H and O–H groups in total. The average Bonchev–Trinajstić information content (AvgIpc) is 3.75. The molecule has 0 spiro atoms. The topological polar surface area (TPSA) is 187 Å². The number of aliphatic hydroxyl groups is 1. The summed E-state index contributed by atoms with van der Waals surface area (Å²) in [6.45, 7) is 3.64. The molecule has 0 saturated carbocycles. The van der Waals surface area contributed by atoms with Gasteiger partial charge in [0, 0.05) is 38.1 Å². The number of epoxide rings is 1. The molecule has 2 aromatic carbocycles. The number of hydrogen-bond acceptors (Lipinski definition) is 11. The van der Waals surface area contributed by atoms with E-state index in [0.717, 1.165) is 16.5 Å². The van der Waals surface area contributed by atoms with Gasteiger partial charge in [0.05, 0.1) is 42.7 Å². The fourth-order valence-electron chi connectivity index (χ4n) is 6.74. The molecule has 276 valence electrons. The largest absolute Gasteiger partial charge is 0.495 e. The number of fused-ring (bicyclic) bond motifs is 6. The molecular weight excluding hydrogens is 694 g/mol. The lowest BCUT2D eigenvalue weighted by Gasteiger charge is -2.40.